The molecule has 0 amide bonds. The summed E-state index contributed by atoms with van der Waals surface area (Å²) in [6, 6.07) is 11.4. The summed E-state index contributed by atoms with van der Waals surface area (Å²) in [6.07, 6.45) is 1.56. The van der Waals surface area contributed by atoms with Gasteiger partial charge in [0.05, 0.1) is 22.8 Å². The van der Waals surface area contributed by atoms with Gasteiger partial charge >= 0.3 is 11.9 Å². The minimum absolute atomic E-state index is 0.117. The number of carbonyl (C=O) groups is 2. The number of rotatable bonds is 4. The molecule has 0 spiro atoms. The summed E-state index contributed by atoms with van der Waals surface area (Å²) in [4.78, 5) is 27.9. The lowest BCUT2D eigenvalue weighted by molar-refractivity contribution is -0.129. The summed E-state index contributed by atoms with van der Waals surface area (Å²) in [6.45, 7) is 2.05. The van der Waals surface area contributed by atoms with E-state index in [-0.39, 0.29) is 11.6 Å². The van der Waals surface area contributed by atoms with Crippen LogP contribution in [0.4, 0.5) is 0 Å². The van der Waals surface area contributed by atoms with Gasteiger partial charge in [0.15, 0.2) is 5.70 Å². The molecule has 0 atom stereocenters. The number of esters is 2. The Kier molecular flexibility index (Phi) is 5.40. The largest absolute Gasteiger partial charge is 0.462 e. The highest BCUT2D eigenvalue weighted by atomic mass is 35.5. The number of carbonyl (C=O) groups excluding carboxylic acids is 2. The lowest BCUT2D eigenvalue weighted by atomic mass is 10.1. The van der Waals surface area contributed by atoms with E-state index in [0.29, 0.717) is 33.3 Å². The molecular formula is C19H13Cl2NO4. The molecule has 0 bridgehead atoms. The Morgan fingerprint density at radius 2 is 1.92 bits per heavy atom. The van der Waals surface area contributed by atoms with E-state index >= 15 is 0 Å². The average Bonchev–Trinajstić information content (AvgIpc) is 2.96. The fraction of sp³-hybridized carbons (Fsp3) is 0.105. The molecule has 132 valence electrons. The molecule has 0 aromatic heterocycles. The molecule has 26 heavy (non-hydrogen) atoms. The third kappa shape index (κ3) is 3.95. The maximum absolute atomic E-state index is 12.1. The van der Waals surface area contributed by atoms with Gasteiger partial charge in [-0.05, 0) is 48.9 Å². The highest BCUT2D eigenvalue weighted by Crippen LogP contribution is 2.26. The van der Waals surface area contributed by atoms with Crippen molar-refractivity contribution in [1.29, 1.82) is 0 Å². The van der Waals surface area contributed by atoms with E-state index in [9.17, 15) is 9.59 Å². The zero-order chi connectivity index (χ0) is 18.7. The molecule has 2 aromatic carbocycles. The Hall–Kier alpha value is -2.63. The van der Waals surface area contributed by atoms with Crippen LogP contribution in [0.5, 0.6) is 0 Å². The number of benzene rings is 2. The quantitative estimate of drug-likeness (QED) is 0.569. The molecule has 5 nitrogen and oxygen atoms in total. The van der Waals surface area contributed by atoms with E-state index in [0.717, 1.165) is 0 Å². The van der Waals surface area contributed by atoms with E-state index in [4.69, 9.17) is 32.7 Å². The van der Waals surface area contributed by atoms with Gasteiger partial charge in [-0.2, -0.15) is 0 Å². The summed E-state index contributed by atoms with van der Waals surface area (Å²) >= 11 is 12.0. The molecule has 1 aliphatic rings. The summed E-state index contributed by atoms with van der Waals surface area (Å²) in [5.41, 5.74) is 1.73. The van der Waals surface area contributed by atoms with E-state index in [2.05, 4.69) is 4.99 Å². The first-order chi connectivity index (χ1) is 12.5. The molecule has 0 radical (unpaired) electrons. The second kappa shape index (κ2) is 7.72. The number of ether oxygens (including phenoxy) is 2. The predicted molar refractivity (Wildman–Crippen MR) is 99.5 cm³/mol. The highest BCUT2D eigenvalue weighted by Gasteiger charge is 2.25. The Bertz CT molecular complexity index is 933. The van der Waals surface area contributed by atoms with Crippen LogP contribution in [0.25, 0.3) is 6.08 Å². The molecule has 0 fully saturated rings. The van der Waals surface area contributed by atoms with Gasteiger partial charge in [0.25, 0.3) is 0 Å². The molecule has 3 rings (SSSR count). The highest BCUT2D eigenvalue weighted by molar-refractivity contribution is 6.37. The molecule has 1 aliphatic heterocycles. The third-order valence-corrected chi connectivity index (χ3v) is 4.06. The molecule has 0 aliphatic carbocycles. The molecule has 0 N–H and O–H groups in total. The van der Waals surface area contributed by atoms with Gasteiger partial charge in [0.2, 0.25) is 5.90 Å². The van der Waals surface area contributed by atoms with Crippen molar-refractivity contribution in [2.75, 3.05) is 6.61 Å². The van der Waals surface area contributed by atoms with E-state index in [1.54, 1.807) is 55.5 Å². The van der Waals surface area contributed by atoms with E-state index in [1.165, 1.54) is 0 Å². The Balaban J connectivity index is 1.85. The molecular weight excluding hydrogens is 377 g/mol. The van der Waals surface area contributed by atoms with Crippen LogP contribution in [0, 0.1) is 0 Å². The molecule has 7 heteroatoms. The van der Waals surface area contributed by atoms with Crippen LogP contribution in [0.3, 0.4) is 0 Å². The van der Waals surface area contributed by atoms with E-state index < -0.39 is 11.9 Å². The lowest BCUT2D eigenvalue weighted by Crippen LogP contribution is -2.06. The van der Waals surface area contributed by atoms with Crippen LogP contribution in [-0.4, -0.2) is 24.4 Å². The Labute approximate surface area is 159 Å². The first-order valence-electron chi connectivity index (χ1n) is 7.73. The number of hydrogen-bond donors (Lipinski definition) is 0. The fourth-order valence-corrected chi connectivity index (χ4v) is 2.76. The minimum Gasteiger partial charge on any atom is -0.462 e. The third-order valence-electron chi connectivity index (χ3n) is 3.51. The monoisotopic (exact) mass is 389 g/mol. The molecule has 0 saturated carbocycles. The Morgan fingerprint density at radius 1 is 1.19 bits per heavy atom. The van der Waals surface area contributed by atoms with Crippen molar-refractivity contribution in [3.63, 3.8) is 0 Å². The SMILES string of the molecule is CCOC(=O)c1ccc(/C=C2\N=C(c3ccc(Cl)cc3Cl)OC2=O)cc1. The maximum atomic E-state index is 12.1. The van der Waals surface area contributed by atoms with Gasteiger partial charge in [0.1, 0.15) is 0 Å². The second-order valence-electron chi connectivity index (χ2n) is 5.30. The van der Waals surface area contributed by atoms with Gasteiger partial charge in [-0.3, -0.25) is 0 Å². The van der Waals surface area contributed by atoms with Crippen LogP contribution < -0.4 is 0 Å². The van der Waals surface area contributed by atoms with Gasteiger partial charge < -0.3 is 9.47 Å². The standard InChI is InChI=1S/C19H13Cl2NO4/c1-2-25-18(23)12-5-3-11(4-6-12)9-16-19(24)26-17(22-16)14-8-7-13(20)10-15(14)21/h3-10H,2H2,1H3/b16-9-. The van der Waals surface area contributed by atoms with Crippen molar-refractivity contribution in [1.82, 2.24) is 0 Å². The van der Waals surface area contributed by atoms with Gasteiger partial charge in [-0.1, -0.05) is 35.3 Å². The van der Waals surface area contributed by atoms with Crippen LogP contribution in [0.2, 0.25) is 10.0 Å². The van der Waals surface area contributed by atoms with E-state index in [1.807, 2.05) is 0 Å². The van der Waals surface area contributed by atoms with Crippen molar-refractivity contribution in [2.24, 2.45) is 4.99 Å². The van der Waals surface area contributed by atoms with Crippen LogP contribution in [0.15, 0.2) is 53.2 Å². The smallest absolute Gasteiger partial charge is 0.363 e. The van der Waals surface area contributed by atoms with Crippen LogP contribution >= 0.6 is 23.2 Å². The summed E-state index contributed by atoms with van der Waals surface area (Å²) in [5.74, 6) is -0.865. The maximum Gasteiger partial charge on any atom is 0.363 e. The van der Waals surface area contributed by atoms with Gasteiger partial charge in [-0.15, -0.1) is 0 Å². The number of hydrogen-bond acceptors (Lipinski definition) is 5. The van der Waals surface area contributed by atoms with Gasteiger partial charge in [-0.25, -0.2) is 14.6 Å². The van der Waals surface area contributed by atoms with Crippen molar-refractivity contribution < 1.29 is 19.1 Å². The topological polar surface area (TPSA) is 65.0 Å². The summed E-state index contributed by atoms with van der Waals surface area (Å²) in [5, 5.41) is 0.810. The van der Waals surface area contributed by atoms with Crippen LogP contribution in [0.1, 0.15) is 28.4 Å². The van der Waals surface area contributed by atoms with Crippen molar-refractivity contribution in [2.45, 2.75) is 6.92 Å². The zero-order valence-electron chi connectivity index (χ0n) is 13.7. The minimum atomic E-state index is -0.583. The molecule has 1 heterocycles. The second-order valence-corrected chi connectivity index (χ2v) is 6.15. The van der Waals surface area contributed by atoms with Crippen molar-refractivity contribution in [3.05, 3.63) is 74.9 Å². The first-order valence-corrected chi connectivity index (χ1v) is 8.48. The summed E-state index contributed by atoms with van der Waals surface area (Å²) in [7, 11) is 0. The number of halogens is 2. The predicted octanol–water partition coefficient (Wildman–Crippen LogP) is 4.51. The summed E-state index contributed by atoms with van der Waals surface area (Å²) < 4.78 is 10.1. The normalized spacial score (nSPS) is 15.0. The first kappa shape index (κ1) is 18.2. The molecule has 0 saturated heterocycles. The average molecular weight is 390 g/mol. The zero-order valence-corrected chi connectivity index (χ0v) is 15.2. The number of cyclic esters (lactones) is 1. The lowest BCUT2D eigenvalue weighted by Gasteiger charge is -2.02. The molecule has 2 aromatic rings. The van der Waals surface area contributed by atoms with Gasteiger partial charge in [0, 0.05) is 5.02 Å². The molecule has 0 unspecified atom stereocenters. The van der Waals surface area contributed by atoms with Crippen molar-refractivity contribution in [3.8, 4) is 0 Å². The van der Waals surface area contributed by atoms with Crippen LogP contribution in [-0.2, 0) is 14.3 Å². The fourth-order valence-electron chi connectivity index (χ4n) is 2.28. The Morgan fingerprint density at radius 3 is 2.58 bits per heavy atom. The van der Waals surface area contributed by atoms with Crippen molar-refractivity contribution >= 4 is 47.1 Å². The number of nitrogens with zero attached hydrogens (tertiary/aromatic N) is 1. The number of aliphatic imine (C=N–C) groups is 1.